The number of benzene rings is 1. The van der Waals surface area contributed by atoms with Crippen LogP contribution in [-0.4, -0.2) is 12.8 Å². The van der Waals surface area contributed by atoms with E-state index >= 15 is 0 Å². The first-order valence-electron chi connectivity index (χ1n) is 5.12. The van der Waals surface area contributed by atoms with E-state index in [1.807, 2.05) is 0 Å². The predicted molar refractivity (Wildman–Crippen MR) is 68.6 cm³/mol. The summed E-state index contributed by atoms with van der Waals surface area (Å²) in [5.74, 6) is -0.0526. The molecule has 8 heteroatoms. The van der Waals surface area contributed by atoms with Gasteiger partial charge in [-0.1, -0.05) is 6.07 Å². The largest absolute Gasteiger partial charge is 0.482 e. The van der Waals surface area contributed by atoms with E-state index in [-0.39, 0.29) is 17.0 Å². The average molecular weight is 346 g/mol. The van der Waals surface area contributed by atoms with E-state index in [2.05, 4.69) is 26.0 Å². The fourth-order valence-electron chi connectivity index (χ4n) is 1.16. The summed E-state index contributed by atoms with van der Waals surface area (Å²) in [5, 5.41) is 19.7. The van der Waals surface area contributed by atoms with Crippen LogP contribution in [-0.2, 0) is 0 Å². The highest BCUT2D eigenvalue weighted by atomic mass is 79.9. The molecule has 0 unspecified atom stereocenters. The minimum absolute atomic E-state index is 0.0526. The Labute approximate surface area is 121 Å². The van der Waals surface area contributed by atoms with Crippen molar-refractivity contribution in [2.45, 2.75) is 6.18 Å². The Bertz CT molecular complexity index is 583. The molecule has 1 aromatic carbocycles. The number of hydrogen-bond donors (Lipinski definition) is 1. The van der Waals surface area contributed by atoms with E-state index in [0.717, 1.165) is 6.20 Å². The molecular weight excluding hydrogens is 339 g/mol. The van der Waals surface area contributed by atoms with E-state index in [9.17, 15) is 13.2 Å². The van der Waals surface area contributed by atoms with Crippen molar-refractivity contribution in [3.8, 4) is 17.9 Å². The van der Waals surface area contributed by atoms with Crippen LogP contribution < -0.4 is 10.1 Å². The number of anilines is 1. The first kappa shape index (κ1) is 15.9. The topological polar surface area (TPSA) is 68.8 Å². The molecule has 0 saturated heterocycles. The minimum atomic E-state index is -4.46. The Kier molecular flexibility index (Phi) is 5.42. The number of rotatable bonds is 4. The zero-order valence-electron chi connectivity index (χ0n) is 9.83. The molecule has 1 N–H and O–H groups in total. The summed E-state index contributed by atoms with van der Waals surface area (Å²) in [6.07, 6.45) is -3.37. The van der Waals surface area contributed by atoms with Gasteiger partial charge >= 0.3 is 6.18 Å². The first-order valence-corrected chi connectivity index (χ1v) is 5.91. The number of ether oxygens (including phenoxy) is 1. The van der Waals surface area contributed by atoms with E-state index in [0.29, 0.717) is 4.47 Å². The van der Waals surface area contributed by atoms with E-state index < -0.39 is 12.8 Å². The molecule has 0 bridgehead atoms. The van der Waals surface area contributed by atoms with Gasteiger partial charge in [-0.2, -0.15) is 23.7 Å². The average Bonchev–Trinajstić information content (AvgIpc) is 2.38. The molecule has 0 saturated carbocycles. The maximum Gasteiger partial charge on any atom is 0.422 e. The number of halogens is 4. The van der Waals surface area contributed by atoms with Crippen LogP contribution in [0.2, 0.25) is 0 Å². The van der Waals surface area contributed by atoms with Gasteiger partial charge in [0.2, 0.25) is 0 Å². The summed E-state index contributed by atoms with van der Waals surface area (Å²) in [6, 6.07) is 7.65. The van der Waals surface area contributed by atoms with E-state index in [4.69, 9.17) is 10.5 Å². The molecule has 0 fully saturated rings. The van der Waals surface area contributed by atoms with Crippen LogP contribution in [0.1, 0.15) is 0 Å². The molecule has 0 amide bonds. The molecule has 0 aromatic heterocycles. The van der Waals surface area contributed by atoms with Crippen LogP contribution in [0.15, 0.2) is 34.4 Å². The fraction of sp³-hybridized carbons (Fsp3) is 0.167. The second-order valence-electron chi connectivity index (χ2n) is 3.44. The highest BCUT2D eigenvalue weighted by molar-refractivity contribution is 9.10. The van der Waals surface area contributed by atoms with Crippen molar-refractivity contribution in [2.75, 3.05) is 11.9 Å². The summed E-state index contributed by atoms with van der Waals surface area (Å²) in [7, 11) is 0. The number of hydrogen-bond acceptors (Lipinski definition) is 4. The Hall–Kier alpha value is -2.19. The molecule has 0 aliphatic rings. The van der Waals surface area contributed by atoms with Crippen molar-refractivity contribution in [2.24, 2.45) is 0 Å². The Morgan fingerprint density at radius 2 is 2.00 bits per heavy atom. The van der Waals surface area contributed by atoms with Crippen molar-refractivity contribution in [1.82, 2.24) is 0 Å². The van der Waals surface area contributed by atoms with Crippen LogP contribution in [0.4, 0.5) is 18.9 Å². The molecule has 0 aliphatic carbocycles. The van der Waals surface area contributed by atoms with Gasteiger partial charge in [-0.15, -0.1) is 0 Å². The Morgan fingerprint density at radius 1 is 1.35 bits per heavy atom. The van der Waals surface area contributed by atoms with Gasteiger partial charge < -0.3 is 10.1 Å². The quantitative estimate of drug-likeness (QED) is 0.844. The van der Waals surface area contributed by atoms with Gasteiger partial charge in [0, 0.05) is 10.7 Å². The molecule has 0 heterocycles. The number of nitrogens with zero attached hydrogens (tertiary/aromatic N) is 2. The molecule has 0 atom stereocenters. The number of nitrogens with one attached hydrogen (secondary N) is 1. The summed E-state index contributed by atoms with van der Waals surface area (Å²) < 4.78 is 41.5. The molecule has 104 valence electrons. The Morgan fingerprint density at radius 3 is 2.55 bits per heavy atom. The minimum Gasteiger partial charge on any atom is -0.482 e. The van der Waals surface area contributed by atoms with Crippen molar-refractivity contribution >= 4 is 21.6 Å². The van der Waals surface area contributed by atoms with Crippen molar-refractivity contribution in [3.63, 3.8) is 0 Å². The van der Waals surface area contributed by atoms with Crippen LogP contribution in [0.5, 0.6) is 5.75 Å². The van der Waals surface area contributed by atoms with Crippen molar-refractivity contribution in [3.05, 3.63) is 34.4 Å². The second kappa shape index (κ2) is 6.83. The highest BCUT2D eigenvalue weighted by Crippen LogP contribution is 2.33. The monoisotopic (exact) mass is 345 g/mol. The summed E-state index contributed by atoms with van der Waals surface area (Å²) >= 11 is 3.14. The van der Waals surface area contributed by atoms with Gasteiger partial charge in [-0.3, -0.25) is 0 Å². The maximum atomic E-state index is 12.1. The molecule has 0 aliphatic heterocycles. The summed E-state index contributed by atoms with van der Waals surface area (Å²) in [6.45, 7) is -1.44. The third-order valence-corrected chi connectivity index (χ3v) is 2.63. The molecule has 1 rings (SSSR count). The number of allylic oxidation sites excluding steroid dienone is 1. The lowest BCUT2D eigenvalue weighted by molar-refractivity contribution is -0.153. The summed E-state index contributed by atoms with van der Waals surface area (Å²) in [4.78, 5) is 0. The lowest BCUT2D eigenvalue weighted by Gasteiger charge is -2.14. The first-order chi connectivity index (χ1) is 9.37. The van der Waals surface area contributed by atoms with Gasteiger partial charge in [0.25, 0.3) is 0 Å². The van der Waals surface area contributed by atoms with Gasteiger partial charge in [0.05, 0.1) is 5.69 Å². The SMILES string of the molecule is N#CC(C#N)=CNc1c(Br)cccc1OCC(F)(F)F. The molecule has 0 spiro atoms. The number of nitriles is 2. The third-order valence-electron chi connectivity index (χ3n) is 1.97. The van der Waals surface area contributed by atoms with E-state index in [1.54, 1.807) is 18.2 Å². The van der Waals surface area contributed by atoms with Gasteiger partial charge in [0.15, 0.2) is 6.61 Å². The molecule has 1 aromatic rings. The molecular formula is C12H7BrF3N3O. The van der Waals surface area contributed by atoms with Crippen LogP contribution in [0.3, 0.4) is 0 Å². The highest BCUT2D eigenvalue weighted by Gasteiger charge is 2.29. The second-order valence-corrected chi connectivity index (χ2v) is 4.30. The smallest absolute Gasteiger partial charge is 0.422 e. The van der Waals surface area contributed by atoms with Crippen LogP contribution in [0.25, 0.3) is 0 Å². The van der Waals surface area contributed by atoms with Crippen molar-refractivity contribution < 1.29 is 17.9 Å². The third kappa shape index (κ3) is 4.82. The zero-order valence-corrected chi connectivity index (χ0v) is 11.4. The van der Waals surface area contributed by atoms with Crippen LogP contribution >= 0.6 is 15.9 Å². The van der Waals surface area contributed by atoms with Gasteiger partial charge in [-0.05, 0) is 28.1 Å². The normalized spacial score (nSPS) is 10.1. The molecule has 20 heavy (non-hydrogen) atoms. The Balaban J connectivity index is 2.98. The number of alkyl halides is 3. The zero-order chi connectivity index (χ0) is 15.2. The van der Waals surface area contributed by atoms with Gasteiger partial charge in [-0.25, -0.2) is 0 Å². The maximum absolute atomic E-state index is 12.1. The lowest BCUT2D eigenvalue weighted by Crippen LogP contribution is -2.19. The standard InChI is InChI=1S/C12H7BrF3N3O/c13-9-2-1-3-10(20-7-12(14,15)16)11(9)19-6-8(4-17)5-18/h1-3,6,19H,7H2. The van der Waals surface area contributed by atoms with E-state index in [1.165, 1.54) is 12.1 Å². The summed E-state index contributed by atoms with van der Waals surface area (Å²) in [5.41, 5.74) is -0.0257. The van der Waals surface area contributed by atoms with Crippen LogP contribution in [0, 0.1) is 22.7 Å². The van der Waals surface area contributed by atoms with Gasteiger partial charge in [0.1, 0.15) is 23.5 Å². The predicted octanol–water partition coefficient (Wildman–Crippen LogP) is 3.73. The fourth-order valence-corrected chi connectivity index (χ4v) is 1.62. The molecule has 0 radical (unpaired) electrons. The lowest BCUT2D eigenvalue weighted by atomic mass is 10.3. The number of para-hydroxylation sites is 1. The molecule has 4 nitrogen and oxygen atoms in total. The van der Waals surface area contributed by atoms with Crippen molar-refractivity contribution in [1.29, 1.82) is 10.5 Å².